The normalized spacial score (nSPS) is 45.5. The minimum atomic E-state index is 0.331. The Balaban J connectivity index is 0.000000948. The molecule has 4 rings (SSSR count). The SMILES string of the molecule is CC.C[C@H](CBr)C1CCC2C3CCC4=CC(=O)CCC4(C)C3CCC21C. The van der Waals surface area contributed by atoms with Crippen LogP contribution in [-0.2, 0) is 4.79 Å². The van der Waals surface area contributed by atoms with Crippen LogP contribution in [-0.4, -0.2) is 11.1 Å². The van der Waals surface area contributed by atoms with Gasteiger partial charge in [-0.3, -0.25) is 4.79 Å². The van der Waals surface area contributed by atoms with Gasteiger partial charge in [-0.2, -0.15) is 0 Å². The molecule has 4 aliphatic carbocycles. The zero-order valence-corrected chi connectivity index (χ0v) is 19.2. The molecule has 0 aromatic carbocycles. The summed E-state index contributed by atoms with van der Waals surface area (Å²) >= 11 is 3.75. The van der Waals surface area contributed by atoms with E-state index in [1.165, 1.54) is 44.1 Å². The molecule has 0 aromatic rings. The molecule has 26 heavy (non-hydrogen) atoms. The van der Waals surface area contributed by atoms with E-state index in [4.69, 9.17) is 0 Å². The first kappa shape index (κ1) is 20.6. The van der Waals surface area contributed by atoms with Crippen molar-refractivity contribution >= 4 is 21.7 Å². The lowest BCUT2D eigenvalue weighted by molar-refractivity contribution is -0.117. The third-order valence-corrected chi connectivity index (χ3v) is 9.99. The Bertz CT molecular complexity index is 567. The lowest BCUT2D eigenvalue weighted by atomic mass is 9.46. The van der Waals surface area contributed by atoms with Crippen molar-refractivity contribution in [1.82, 2.24) is 0 Å². The van der Waals surface area contributed by atoms with Crippen molar-refractivity contribution in [2.75, 3.05) is 5.33 Å². The summed E-state index contributed by atoms with van der Waals surface area (Å²) in [5.74, 6) is 4.76. The number of carbonyl (C=O) groups is 1. The van der Waals surface area contributed by atoms with Crippen molar-refractivity contribution in [3.63, 3.8) is 0 Å². The number of alkyl halides is 1. The molecular formula is C24H39BrO. The first-order valence-electron chi connectivity index (χ1n) is 11.2. The Morgan fingerprint density at radius 1 is 1.08 bits per heavy atom. The highest BCUT2D eigenvalue weighted by Gasteiger charge is 2.59. The average molecular weight is 423 g/mol. The predicted octanol–water partition coefficient (Wildman–Crippen LogP) is 7.19. The van der Waals surface area contributed by atoms with Crippen LogP contribution in [0.1, 0.15) is 86.0 Å². The fraction of sp³-hybridized carbons (Fsp3) is 0.875. The fourth-order valence-electron chi connectivity index (χ4n) is 7.64. The Kier molecular flexibility index (Phi) is 6.12. The van der Waals surface area contributed by atoms with Crippen LogP contribution in [0.15, 0.2) is 11.6 Å². The standard InChI is InChI=1S/C22H33BrO.C2H6/c1-14(13-23)18-6-7-19-17-5-4-15-12-16(24)8-10-21(15,2)20(17)9-11-22(18,19)3;1-2/h12,14,17-20H,4-11,13H2,1-3H3;1-2H3/t14-,17?,18?,19?,20?,21?,22?;/m1./s1. The molecule has 0 radical (unpaired) electrons. The van der Waals surface area contributed by atoms with Gasteiger partial charge < -0.3 is 0 Å². The number of carbonyl (C=O) groups excluding carboxylic acids is 1. The van der Waals surface area contributed by atoms with Crippen LogP contribution in [0, 0.1) is 40.4 Å². The molecule has 6 unspecified atom stereocenters. The van der Waals surface area contributed by atoms with Crippen LogP contribution in [0.3, 0.4) is 0 Å². The minimum absolute atomic E-state index is 0.331. The summed E-state index contributed by atoms with van der Waals surface area (Å²) in [4.78, 5) is 11.9. The number of allylic oxidation sites excluding steroid dienone is 1. The van der Waals surface area contributed by atoms with Gasteiger partial charge in [0.2, 0.25) is 0 Å². The maximum absolute atomic E-state index is 11.9. The monoisotopic (exact) mass is 422 g/mol. The van der Waals surface area contributed by atoms with Gasteiger partial charge in [0, 0.05) is 11.8 Å². The number of rotatable bonds is 2. The first-order chi connectivity index (χ1) is 12.4. The second-order valence-corrected chi connectivity index (χ2v) is 10.5. The molecule has 2 heteroatoms. The molecule has 0 saturated heterocycles. The molecule has 0 aliphatic heterocycles. The molecule has 4 aliphatic rings. The number of halogens is 1. The summed E-state index contributed by atoms with van der Waals surface area (Å²) in [6.07, 6.45) is 12.2. The smallest absolute Gasteiger partial charge is 0.155 e. The van der Waals surface area contributed by atoms with Gasteiger partial charge in [0.15, 0.2) is 5.78 Å². The highest BCUT2D eigenvalue weighted by molar-refractivity contribution is 9.09. The summed E-state index contributed by atoms with van der Waals surface area (Å²) in [5, 5.41) is 1.15. The lowest BCUT2D eigenvalue weighted by Gasteiger charge is -2.58. The number of ketones is 1. The highest BCUT2D eigenvalue weighted by Crippen LogP contribution is 2.67. The maximum Gasteiger partial charge on any atom is 0.155 e. The van der Waals surface area contributed by atoms with Gasteiger partial charge in [-0.1, -0.05) is 56.1 Å². The van der Waals surface area contributed by atoms with Crippen molar-refractivity contribution in [3.05, 3.63) is 11.6 Å². The summed E-state index contributed by atoms with van der Waals surface area (Å²) in [6.45, 7) is 11.6. The van der Waals surface area contributed by atoms with E-state index in [1.54, 1.807) is 0 Å². The van der Waals surface area contributed by atoms with Gasteiger partial charge in [0.05, 0.1) is 0 Å². The van der Waals surface area contributed by atoms with Gasteiger partial charge in [-0.25, -0.2) is 0 Å². The zero-order valence-electron chi connectivity index (χ0n) is 17.6. The quantitative estimate of drug-likeness (QED) is 0.430. The van der Waals surface area contributed by atoms with Gasteiger partial charge in [-0.05, 0) is 91.4 Å². The number of hydrogen-bond donors (Lipinski definition) is 0. The van der Waals surface area contributed by atoms with Crippen molar-refractivity contribution in [3.8, 4) is 0 Å². The van der Waals surface area contributed by atoms with Crippen LogP contribution in [0.25, 0.3) is 0 Å². The van der Waals surface area contributed by atoms with E-state index in [1.807, 2.05) is 19.9 Å². The summed E-state index contributed by atoms with van der Waals surface area (Å²) in [6, 6.07) is 0. The Morgan fingerprint density at radius 2 is 1.81 bits per heavy atom. The van der Waals surface area contributed by atoms with Crippen LogP contribution >= 0.6 is 15.9 Å². The van der Waals surface area contributed by atoms with Crippen LogP contribution < -0.4 is 0 Å². The molecule has 3 saturated carbocycles. The van der Waals surface area contributed by atoms with Crippen molar-refractivity contribution < 1.29 is 4.79 Å². The topological polar surface area (TPSA) is 17.1 Å². The summed E-state index contributed by atoms with van der Waals surface area (Å²) < 4.78 is 0. The number of hydrogen-bond acceptors (Lipinski definition) is 1. The van der Waals surface area contributed by atoms with Crippen molar-refractivity contribution in [2.24, 2.45) is 40.4 Å². The van der Waals surface area contributed by atoms with E-state index in [0.717, 1.165) is 47.8 Å². The van der Waals surface area contributed by atoms with E-state index in [0.29, 0.717) is 16.6 Å². The van der Waals surface area contributed by atoms with Crippen LogP contribution in [0.2, 0.25) is 0 Å². The minimum Gasteiger partial charge on any atom is -0.295 e. The predicted molar refractivity (Wildman–Crippen MR) is 115 cm³/mol. The second-order valence-electron chi connectivity index (χ2n) is 9.83. The maximum atomic E-state index is 11.9. The molecule has 1 nitrogen and oxygen atoms in total. The summed E-state index contributed by atoms with van der Waals surface area (Å²) in [5.41, 5.74) is 2.40. The first-order valence-corrected chi connectivity index (χ1v) is 12.3. The van der Waals surface area contributed by atoms with Gasteiger partial charge in [0.25, 0.3) is 0 Å². The molecule has 0 aromatic heterocycles. The number of fused-ring (bicyclic) bond motifs is 5. The van der Waals surface area contributed by atoms with E-state index < -0.39 is 0 Å². The molecule has 0 bridgehead atoms. The van der Waals surface area contributed by atoms with Crippen LogP contribution in [0.5, 0.6) is 0 Å². The van der Waals surface area contributed by atoms with Gasteiger partial charge in [0.1, 0.15) is 0 Å². The van der Waals surface area contributed by atoms with Gasteiger partial charge in [-0.15, -0.1) is 0 Å². The largest absolute Gasteiger partial charge is 0.295 e. The Morgan fingerprint density at radius 3 is 2.50 bits per heavy atom. The molecule has 148 valence electrons. The molecular weight excluding hydrogens is 384 g/mol. The third kappa shape index (κ3) is 3.07. The van der Waals surface area contributed by atoms with Crippen molar-refractivity contribution in [1.29, 1.82) is 0 Å². The average Bonchev–Trinajstić information content (AvgIpc) is 3.00. The molecule has 0 N–H and O–H groups in total. The van der Waals surface area contributed by atoms with Crippen molar-refractivity contribution in [2.45, 2.75) is 86.0 Å². The Hall–Kier alpha value is -0.110. The second kappa shape index (κ2) is 7.72. The summed E-state index contributed by atoms with van der Waals surface area (Å²) in [7, 11) is 0. The lowest BCUT2D eigenvalue weighted by Crippen LogP contribution is -2.51. The zero-order chi connectivity index (χ0) is 19.1. The Labute approximate surface area is 169 Å². The van der Waals surface area contributed by atoms with E-state index in [-0.39, 0.29) is 0 Å². The molecule has 7 atom stereocenters. The van der Waals surface area contributed by atoms with E-state index >= 15 is 0 Å². The molecule has 0 heterocycles. The van der Waals surface area contributed by atoms with E-state index in [9.17, 15) is 4.79 Å². The fourth-order valence-corrected chi connectivity index (χ4v) is 8.09. The molecule has 3 fully saturated rings. The van der Waals surface area contributed by atoms with E-state index in [2.05, 4.69) is 36.7 Å². The molecule has 0 amide bonds. The highest BCUT2D eigenvalue weighted by atomic mass is 79.9. The third-order valence-electron chi connectivity index (χ3n) is 8.97. The van der Waals surface area contributed by atoms with Gasteiger partial charge >= 0.3 is 0 Å². The van der Waals surface area contributed by atoms with Crippen LogP contribution in [0.4, 0.5) is 0 Å². The molecule has 0 spiro atoms.